The lowest BCUT2D eigenvalue weighted by molar-refractivity contribution is 0.0536. The summed E-state index contributed by atoms with van der Waals surface area (Å²) in [6.07, 6.45) is -0.336. The standard InChI is InChI=1S/C22H27NO5S/c1-12-18-16(8-17-19(18)22(17,2)3)20(29-12)28-21(26)23-9-13-4-6-15(7-5-13)27-11-14(25)10-24/h4-7,14,17,19,24-25H,8-11H2,1-3H3,(H,23,26)/t14-,17-,19-/m1/s1. The molecule has 7 heteroatoms. The first-order valence-electron chi connectivity index (χ1n) is 9.89. The van der Waals surface area contributed by atoms with Crippen LogP contribution in [-0.4, -0.2) is 35.6 Å². The van der Waals surface area contributed by atoms with E-state index >= 15 is 0 Å². The molecule has 29 heavy (non-hydrogen) atoms. The molecule has 2 aliphatic rings. The van der Waals surface area contributed by atoms with Gasteiger partial charge in [-0.15, -0.1) is 11.3 Å². The first-order valence-corrected chi connectivity index (χ1v) is 10.7. The van der Waals surface area contributed by atoms with E-state index in [4.69, 9.17) is 14.6 Å². The van der Waals surface area contributed by atoms with E-state index in [-0.39, 0.29) is 13.2 Å². The van der Waals surface area contributed by atoms with Gasteiger partial charge in [-0.3, -0.25) is 0 Å². The van der Waals surface area contributed by atoms with Crippen molar-refractivity contribution in [3.63, 3.8) is 0 Å². The molecule has 1 amide bonds. The minimum atomic E-state index is -0.898. The zero-order valence-corrected chi connectivity index (χ0v) is 17.7. The maximum absolute atomic E-state index is 12.3. The Bertz CT molecular complexity index is 905. The monoisotopic (exact) mass is 417 g/mol. The average molecular weight is 418 g/mol. The molecule has 1 saturated carbocycles. The molecule has 1 aromatic carbocycles. The van der Waals surface area contributed by atoms with E-state index in [1.165, 1.54) is 16.0 Å². The van der Waals surface area contributed by atoms with Crippen LogP contribution in [0.3, 0.4) is 0 Å². The molecule has 2 aliphatic carbocycles. The number of amides is 1. The fraction of sp³-hybridized carbons (Fsp3) is 0.500. The Morgan fingerprint density at radius 2 is 2.07 bits per heavy atom. The van der Waals surface area contributed by atoms with E-state index < -0.39 is 12.2 Å². The molecule has 4 rings (SSSR count). The van der Waals surface area contributed by atoms with Crippen LogP contribution in [0.1, 0.15) is 41.3 Å². The number of hydrogen-bond donors (Lipinski definition) is 3. The van der Waals surface area contributed by atoms with E-state index in [9.17, 15) is 9.90 Å². The second-order valence-corrected chi connectivity index (χ2v) is 9.67. The van der Waals surface area contributed by atoms with E-state index in [1.807, 2.05) is 12.1 Å². The second-order valence-electron chi connectivity index (χ2n) is 8.48. The average Bonchev–Trinajstić information content (AvgIpc) is 3.03. The molecular formula is C22H27NO5S. The molecule has 0 aliphatic heterocycles. The zero-order chi connectivity index (χ0) is 20.8. The van der Waals surface area contributed by atoms with Gasteiger partial charge in [0.1, 0.15) is 18.5 Å². The molecule has 0 spiro atoms. The van der Waals surface area contributed by atoms with Gasteiger partial charge >= 0.3 is 6.09 Å². The normalized spacial score (nSPS) is 21.8. The minimum absolute atomic E-state index is 0.0316. The van der Waals surface area contributed by atoms with Crippen molar-refractivity contribution in [1.82, 2.24) is 5.32 Å². The number of aliphatic hydroxyl groups is 2. The molecular weight excluding hydrogens is 390 g/mol. The van der Waals surface area contributed by atoms with Crippen molar-refractivity contribution in [3.05, 3.63) is 45.8 Å². The number of rotatable bonds is 7. The number of aryl methyl sites for hydroxylation is 1. The molecule has 156 valence electrons. The molecule has 2 aromatic rings. The molecule has 0 bridgehead atoms. The smallest absolute Gasteiger partial charge is 0.413 e. The summed E-state index contributed by atoms with van der Waals surface area (Å²) in [4.78, 5) is 13.6. The molecule has 1 fully saturated rings. The lowest BCUT2D eigenvalue weighted by Gasteiger charge is -2.11. The predicted molar refractivity (Wildman–Crippen MR) is 111 cm³/mol. The summed E-state index contributed by atoms with van der Waals surface area (Å²) in [6, 6.07) is 7.19. The Labute approximate surface area is 174 Å². The molecule has 0 radical (unpaired) electrons. The molecule has 6 nitrogen and oxygen atoms in total. The third-order valence-corrected chi connectivity index (χ3v) is 7.22. The number of benzene rings is 1. The lowest BCUT2D eigenvalue weighted by atomic mass is 9.96. The number of fused-ring (bicyclic) bond motifs is 3. The van der Waals surface area contributed by atoms with E-state index in [0.29, 0.717) is 29.5 Å². The topological polar surface area (TPSA) is 88.0 Å². The first kappa shape index (κ1) is 20.2. The molecule has 1 heterocycles. The van der Waals surface area contributed by atoms with Gasteiger partial charge in [0.05, 0.1) is 6.61 Å². The number of hydrogen-bond acceptors (Lipinski definition) is 6. The highest BCUT2D eigenvalue weighted by Gasteiger charge is 2.63. The van der Waals surface area contributed by atoms with Crippen molar-refractivity contribution in [2.75, 3.05) is 13.2 Å². The van der Waals surface area contributed by atoms with Gasteiger partial charge in [0.15, 0.2) is 5.06 Å². The molecule has 3 atom stereocenters. The fourth-order valence-electron chi connectivity index (χ4n) is 4.42. The van der Waals surface area contributed by atoms with Gasteiger partial charge in [-0.2, -0.15) is 0 Å². The Morgan fingerprint density at radius 3 is 2.76 bits per heavy atom. The van der Waals surface area contributed by atoms with Gasteiger partial charge in [0, 0.05) is 17.0 Å². The van der Waals surface area contributed by atoms with E-state index in [1.54, 1.807) is 23.5 Å². The summed E-state index contributed by atoms with van der Waals surface area (Å²) in [7, 11) is 0. The van der Waals surface area contributed by atoms with Crippen LogP contribution in [0.5, 0.6) is 10.8 Å². The third kappa shape index (κ3) is 3.86. The maximum atomic E-state index is 12.3. The van der Waals surface area contributed by atoms with Gasteiger partial charge in [-0.05, 0) is 53.9 Å². The van der Waals surface area contributed by atoms with Gasteiger partial charge < -0.3 is 25.0 Å². The summed E-state index contributed by atoms with van der Waals surface area (Å²) in [6.45, 7) is 6.80. The molecule has 3 N–H and O–H groups in total. The SMILES string of the molecule is Cc1sc(OC(=O)NCc2ccc(OC[C@H](O)CO)cc2)c2c1[C@H]1[C@@H](C2)C1(C)C. The number of aliphatic hydroxyl groups excluding tert-OH is 2. The number of thiophene rings is 1. The zero-order valence-electron chi connectivity index (χ0n) is 16.9. The van der Waals surface area contributed by atoms with E-state index in [2.05, 4.69) is 26.1 Å². The van der Waals surface area contributed by atoms with E-state index in [0.717, 1.165) is 17.0 Å². The lowest BCUT2D eigenvalue weighted by Crippen LogP contribution is -2.26. The van der Waals surface area contributed by atoms with Crippen LogP contribution in [0.25, 0.3) is 0 Å². The quantitative estimate of drug-likeness (QED) is 0.643. The Hall–Kier alpha value is -2.09. The number of carbonyl (C=O) groups is 1. The van der Waals surface area contributed by atoms with Crippen LogP contribution in [0, 0.1) is 18.3 Å². The van der Waals surface area contributed by atoms with Crippen LogP contribution >= 0.6 is 11.3 Å². The highest BCUT2D eigenvalue weighted by molar-refractivity contribution is 7.14. The highest BCUT2D eigenvalue weighted by atomic mass is 32.1. The number of ether oxygens (including phenoxy) is 2. The van der Waals surface area contributed by atoms with Crippen LogP contribution in [-0.2, 0) is 13.0 Å². The summed E-state index contributed by atoms with van der Waals surface area (Å²) < 4.78 is 11.0. The van der Waals surface area contributed by atoms with Crippen molar-refractivity contribution >= 4 is 17.4 Å². The Morgan fingerprint density at radius 1 is 1.34 bits per heavy atom. The minimum Gasteiger partial charge on any atom is -0.491 e. The number of carbonyl (C=O) groups excluding carboxylic acids is 1. The van der Waals surface area contributed by atoms with Crippen molar-refractivity contribution in [1.29, 1.82) is 0 Å². The summed E-state index contributed by atoms with van der Waals surface area (Å²) in [5.74, 6) is 1.90. The Kier molecular flexibility index (Phi) is 5.31. The molecule has 0 saturated heterocycles. The van der Waals surface area contributed by atoms with Crippen LogP contribution in [0.15, 0.2) is 24.3 Å². The predicted octanol–water partition coefficient (Wildman–Crippen LogP) is 3.37. The summed E-state index contributed by atoms with van der Waals surface area (Å²) >= 11 is 1.57. The second kappa shape index (κ2) is 7.63. The van der Waals surface area contributed by atoms with Crippen LogP contribution < -0.4 is 14.8 Å². The fourth-order valence-corrected chi connectivity index (χ4v) is 5.49. The van der Waals surface area contributed by atoms with Gasteiger partial charge in [0.2, 0.25) is 0 Å². The van der Waals surface area contributed by atoms with Gasteiger partial charge in [-0.1, -0.05) is 26.0 Å². The van der Waals surface area contributed by atoms with Gasteiger partial charge in [-0.25, -0.2) is 4.79 Å². The first-order chi connectivity index (χ1) is 13.8. The van der Waals surface area contributed by atoms with Crippen molar-refractivity contribution in [2.45, 2.75) is 45.8 Å². The number of nitrogens with one attached hydrogen (secondary N) is 1. The largest absolute Gasteiger partial charge is 0.491 e. The highest BCUT2D eigenvalue weighted by Crippen LogP contribution is 2.72. The van der Waals surface area contributed by atoms with Crippen molar-refractivity contribution in [2.24, 2.45) is 11.3 Å². The van der Waals surface area contributed by atoms with Gasteiger partial charge in [0.25, 0.3) is 0 Å². The summed E-state index contributed by atoms with van der Waals surface area (Å²) in [5, 5.41) is 21.6. The van der Waals surface area contributed by atoms with Crippen molar-refractivity contribution < 1.29 is 24.5 Å². The molecule has 1 aromatic heterocycles. The van der Waals surface area contributed by atoms with Crippen molar-refractivity contribution in [3.8, 4) is 10.8 Å². The van der Waals surface area contributed by atoms with Crippen LogP contribution in [0.4, 0.5) is 4.79 Å². The maximum Gasteiger partial charge on any atom is 0.413 e. The Balaban J connectivity index is 1.29. The molecule has 0 unspecified atom stereocenters. The van der Waals surface area contributed by atoms with Crippen LogP contribution in [0.2, 0.25) is 0 Å². The third-order valence-electron chi connectivity index (χ3n) is 6.18. The summed E-state index contributed by atoms with van der Waals surface area (Å²) in [5.41, 5.74) is 3.93.